The molecule has 0 radical (unpaired) electrons. The molecule has 0 saturated heterocycles. The molecule has 4 heteroatoms. The van der Waals surface area contributed by atoms with Crippen LogP contribution in [-0.4, -0.2) is 53.4 Å². The van der Waals surface area contributed by atoms with Crippen LogP contribution in [0.2, 0.25) is 0 Å². The lowest BCUT2D eigenvalue weighted by Gasteiger charge is -2.32. The topological polar surface area (TPSA) is 36.9 Å². The minimum atomic E-state index is -0.199. The first-order chi connectivity index (χ1) is 13.7. The molecule has 170 valence electrons. The number of ether oxygens (including phenoxy) is 4. The number of unbranched alkanes of at least 4 members (excludes halogenated alkanes) is 9. The lowest BCUT2D eigenvalue weighted by molar-refractivity contribution is -0.101. The zero-order valence-electron chi connectivity index (χ0n) is 19.6. The van der Waals surface area contributed by atoms with E-state index >= 15 is 0 Å². The van der Waals surface area contributed by atoms with E-state index in [1.165, 1.54) is 57.8 Å². The monoisotopic (exact) mass is 402 g/mol. The van der Waals surface area contributed by atoms with Crippen molar-refractivity contribution in [2.24, 2.45) is 5.41 Å². The Bertz CT molecular complexity index is 256. The number of methoxy groups -OCH3 is 1. The van der Waals surface area contributed by atoms with E-state index in [4.69, 9.17) is 18.9 Å². The van der Waals surface area contributed by atoms with Crippen molar-refractivity contribution in [1.82, 2.24) is 0 Å². The van der Waals surface area contributed by atoms with E-state index in [-0.39, 0.29) is 5.41 Å². The Kier molecular flexibility index (Phi) is 21.4. The van der Waals surface area contributed by atoms with Gasteiger partial charge in [0.2, 0.25) is 0 Å². The molecule has 0 saturated carbocycles. The molecule has 0 aromatic carbocycles. The van der Waals surface area contributed by atoms with Gasteiger partial charge in [0.15, 0.2) is 0 Å². The fourth-order valence-electron chi connectivity index (χ4n) is 3.31. The molecule has 0 aliphatic heterocycles. The van der Waals surface area contributed by atoms with Crippen LogP contribution in [0.3, 0.4) is 0 Å². The number of rotatable bonds is 23. The van der Waals surface area contributed by atoms with Gasteiger partial charge in [-0.25, -0.2) is 0 Å². The summed E-state index contributed by atoms with van der Waals surface area (Å²) in [6.07, 6.45) is 14.8. The zero-order chi connectivity index (χ0) is 20.8. The maximum absolute atomic E-state index is 6.05. The van der Waals surface area contributed by atoms with Crippen molar-refractivity contribution in [3.63, 3.8) is 0 Å². The Balaban J connectivity index is 4.39. The lowest BCUT2D eigenvalue weighted by atomic mass is 9.92. The molecule has 0 aromatic rings. The second-order valence-corrected chi connectivity index (χ2v) is 8.27. The summed E-state index contributed by atoms with van der Waals surface area (Å²) in [6.45, 7) is 11.7. The molecule has 0 spiro atoms. The Morgan fingerprint density at radius 3 is 1.11 bits per heavy atom. The minimum absolute atomic E-state index is 0.199. The summed E-state index contributed by atoms with van der Waals surface area (Å²) >= 11 is 0. The summed E-state index contributed by atoms with van der Waals surface area (Å²) in [4.78, 5) is 0. The van der Waals surface area contributed by atoms with Crippen LogP contribution >= 0.6 is 0 Å². The normalized spacial score (nSPS) is 12.0. The summed E-state index contributed by atoms with van der Waals surface area (Å²) < 4.78 is 23.7. The zero-order valence-corrected chi connectivity index (χ0v) is 19.6. The van der Waals surface area contributed by atoms with Crippen LogP contribution in [-0.2, 0) is 18.9 Å². The van der Waals surface area contributed by atoms with Gasteiger partial charge in [-0.05, 0) is 19.3 Å². The predicted molar refractivity (Wildman–Crippen MR) is 119 cm³/mol. The van der Waals surface area contributed by atoms with E-state index in [2.05, 4.69) is 20.8 Å². The molecule has 0 fully saturated rings. The fraction of sp³-hybridized carbons (Fsp3) is 1.00. The lowest BCUT2D eigenvalue weighted by Crippen LogP contribution is -2.41. The highest BCUT2D eigenvalue weighted by molar-refractivity contribution is 4.79. The largest absolute Gasteiger partial charge is 0.384 e. The first kappa shape index (κ1) is 27.8. The summed E-state index contributed by atoms with van der Waals surface area (Å²) in [5, 5.41) is 0. The first-order valence-electron chi connectivity index (χ1n) is 12.0. The highest BCUT2D eigenvalue weighted by Crippen LogP contribution is 2.21. The highest BCUT2D eigenvalue weighted by Gasteiger charge is 2.32. The van der Waals surface area contributed by atoms with Crippen molar-refractivity contribution in [1.29, 1.82) is 0 Å². The van der Waals surface area contributed by atoms with Gasteiger partial charge in [0.25, 0.3) is 0 Å². The molecule has 4 nitrogen and oxygen atoms in total. The second-order valence-electron chi connectivity index (χ2n) is 8.27. The molecule has 0 rings (SSSR count). The average Bonchev–Trinajstić information content (AvgIpc) is 2.70. The SMILES string of the molecule is CCCCCCOCC(COC)(COCCCCCC)COCCCCCC. The van der Waals surface area contributed by atoms with Crippen molar-refractivity contribution >= 4 is 0 Å². The maximum Gasteiger partial charge on any atom is 0.0637 e. The van der Waals surface area contributed by atoms with Gasteiger partial charge < -0.3 is 18.9 Å². The van der Waals surface area contributed by atoms with Crippen molar-refractivity contribution in [3.05, 3.63) is 0 Å². The quantitative estimate of drug-likeness (QED) is 0.185. The van der Waals surface area contributed by atoms with Gasteiger partial charge >= 0.3 is 0 Å². The summed E-state index contributed by atoms with van der Waals surface area (Å²) in [7, 11) is 1.76. The second kappa shape index (κ2) is 21.5. The Morgan fingerprint density at radius 2 is 0.821 bits per heavy atom. The van der Waals surface area contributed by atoms with Crippen LogP contribution < -0.4 is 0 Å². The summed E-state index contributed by atoms with van der Waals surface area (Å²) in [5.74, 6) is 0. The van der Waals surface area contributed by atoms with Crippen molar-refractivity contribution in [2.45, 2.75) is 97.8 Å². The molecule has 0 atom stereocenters. The van der Waals surface area contributed by atoms with Crippen molar-refractivity contribution in [2.75, 3.05) is 53.4 Å². The van der Waals surface area contributed by atoms with Crippen molar-refractivity contribution < 1.29 is 18.9 Å². The van der Waals surface area contributed by atoms with E-state index in [1.54, 1.807) is 7.11 Å². The van der Waals surface area contributed by atoms with Crippen LogP contribution in [0.4, 0.5) is 0 Å². The third kappa shape index (κ3) is 16.8. The molecule has 0 aliphatic rings. The van der Waals surface area contributed by atoms with Crippen LogP contribution in [0, 0.1) is 5.41 Å². The molecule has 0 amide bonds. The van der Waals surface area contributed by atoms with Crippen LogP contribution in [0.25, 0.3) is 0 Å². The third-order valence-electron chi connectivity index (χ3n) is 5.10. The van der Waals surface area contributed by atoms with Gasteiger partial charge in [-0.3, -0.25) is 0 Å². The molecule has 0 heterocycles. The molecule has 0 N–H and O–H groups in total. The van der Waals surface area contributed by atoms with Gasteiger partial charge in [-0.15, -0.1) is 0 Å². The van der Waals surface area contributed by atoms with E-state index in [9.17, 15) is 0 Å². The van der Waals surface area contributed by atoms with Gasteiger partial charge in [0, 0.05) is 26.9 Å². The minimum Gasteiger partial charge on any atom is -0.384 e. The van der Waals surface area contributed by atoms with Crippen molar-refractivity contribution in [3.8, 4) is 0 Å². The first-order valence-corrected chi connectivity index (χ1v) is 12.0. The predicted octanol–water partition coefficient (Wildman–Crippen LogP) is 6.41. The molecule has 0 aromatic heterocycles. The van der Waals surface area contributed by atoms with E-state index < -0.39 is 0 Å². The number of hydrogen-bond donors (Lipinski definition) is 0. The fourth-order valence-corrected chi connectivity index (χ4v) is 3.31. The molecule has 28 heavy (non-hydrogen) atoms. The molecule has 0 aliphatic carbocycles. The Labute approximate surface area is 176 Å². The highest BCUT2D eigenvalue weighted by atomic mass is 16.5. The molecular weight excluding hydrogens is 352 g/mol. The van der Waals surface area contributed by atoms with Gasteiger partial charge in [0.05, 0.1) is 31.8 Å². The average molecular weight is 403 g/mol. The third-order valence-corrected chi connectivity index (χ3v) is 5.10. The Morgan fingerprint density at radius 1 is 0.464 bits per heavy atom. The van der Waals surface area contributed by atoms with Crippen LogP contribution in [0.1, 0.15) is 97.8 Å². The smallest absolute Gasteiger partial charge is 0.0637 e. The summed E-state index contributed by atoms with van der Waals surface area (Å²) in [6, 6.07) is 0. The molecular formula is C24H50O4. The maximum atomic E-state index is 6.05. The molecule has 0 unspecified atom stereocenters. The van der Waals surface area contributed by atoms with Crippen LogP contribution in [0.5, 0.6) is 0 Å². The van der Waals surface area contributed by atoms with Gasteiger partial charge in [-0.2, -0.15) is 0 Å². The Hall–Kier alpha value is -0.160. The van der Waals surface area contributed by atoms with Crippen LogP contribution in [0.15, 0.2) is 0 Å². The van der Waals surface area contributed by atoms with E-state index in [0.29, 0.717) is 26.4 Å². The standard InChI is InChI=1S/C24H50O4/c1-5-8-11-14-17-26-21-24(20-25-4,22-27-18-15-12-9-6-2)23-28-19-16-13-10-7-3/h5-23H2,1-4H3. The van der Waals surface area contributed by atoms with Gasteiger partial charge in [-0.1, -0.05) is 78.6 Å². The van der Waals surface area contributed by atoms with E-state index in [0.717, 1.165) is 39.1 Å². The van der Waals surface area contributed by atoms with E-state index in [1.807, 2.05) is 0 Å². The summed E-state index contributed by atoms with van der Waals surface area (Å²) in [5.41, 5.74) is -0.199. The molecule has 0 bridgehead atoms. The number of hydrogen-bond acceptors (Lipinski definition) is 4. The van der Waals surface area contributed by atoms with Gasteiger partial charge in [0.1, 0.15) is 0 Å².